The summed E-state index contributed by atoms with van der Waals surface area (Å²) in [5.74, 6) is -2.91. The Labute approximate surface area is 134 Å². The number of nitrogens with zero attached hydrogens (tertiary/aromatic N) is 2. The van der Waals surface area contributed by atoms with Gasteiger partial charge in [-0.15, -0.1) is 0 Å². The van der Waals surface area contributed by atoms with Crippen molar-refractivity contribution in [2.45, 2.75) is 44.4 Å². The average molecular weight is 328 g/mol. The molecule has 0 unspecified atom stereocenters. The van der Waals surface area contributed by atoms with Gasteiger partial charge in [0, 0.05) is 31.3 Å². The maximum absolute atomic E-state index is 13.8. The van der Waals surface area contributed by atoms with Crippen LogP contribution in [-0.4, -0.2) is 52.7 Å². The minimum absolute atomic E-state index is 0.00731. The van der Waals surface area contributed by atoms with Crippen LogP contribution in [0.3, 0.4) is 0 Å². The van der Waals surface area contributed by atoms with Gasteiger partial charge in [0.1, 0.15) is 5.82 Å². The zero-order valence-corrected chi connectivity index (χ0v) is 13.4. The number of rotatable bonds is 3. The fourth-order valence-corrected chi connectivity index (χ4v) is 3.72. The summed E-state index contributed by atoms with van der Waals surface area (Å²) < 4.78 is 40.2. The molecule has 2 aliphatic rings. The normalized spacial score (nSPS) is 30.0. The molecule has 6 heteroatoms. The molecule has 1 aromatic carbocycles. The first-order chi connectivity index (χ1) is 10.9. The van der Waals surface area contributed by atoms with E-state index in [-0.39, 0.29) is 18.2 Å². The number of hydrogen-bond donors (Lipinski definition) is 1. The van der Waals surface area contributed by atoms with E-state index >= 15 is 0 Å². The van der Waals surface area contributed by atoms with Crippen LogP contribution in [0.15, 0.2) is 12.1 Å². The summed E-state index contributed by atoms with van der Waals surface area (Å²) >= 11 is 0. The van der Waals surface area contributed by atoms with Crippen molar-refractivity contribution in [1.29, 1.82) is 0 Å². The molecule has 1 aromatic rings. The van der Waals surface area contributed by atoms with E-state index in [0.29, 0.717) is 25.6 Å². The number of likely N-dealkylation sites (tertiary alicyclic amines) is 2. The van der Waals surface area contributed by atoms with Crippen LogP contribution < -0.4 is 0 Å². The molecule has 0 saturated carbocycles. The summed E-state index contributed by atoms with van der Waals surface area (Å²) in [5.41, 5.74) is -0.612. The van der Waals surface area contributed by atoms with Crippen molar-refractivity contribution in [3.8, 4) is 0 Å². The number of piperidine rings is 1. The Morgan fingerprint density at radius 1 is 1.09 bits per heavy atom. The summed E-state index contributed by atoms with van der Waals surface area (Å²) in [6, 6.07) is 1.53. The highest BCUT2D eigenvalue weighted by Gasteiger charge is 2.41. The van der Waals surface area contributed by atoms with E-state index in [9.17, 15) is 18.3 Å². The number of benzene rings is 1. The molecule has 0 radical (unpaired) electrons. The minimum atomic E-state index is -1.16. The van der Waals surface area contributed by atoms with Crippen molar-refractivity contribution in [3.05, 3.63) is 35.1 Å². The van der Waals surface area contributed by atoms with Crippen LogP contribution in [0.25, 0.3) is 0 Å². The lowest BCUT2D eigenvalue weighted by Gasteiger charge is -2.46. The summed E-state index contributed by atoms with van der Waals surface area (Å²) in [6.45, 7) is 5.22. The third-order valence-electron chi connectivity index (χ3n) is 5.15. The van der Waals surface area contributed by atoms with Crippen LogP contribution in [0.1, 0.15) is 31.7 Å². The first-order valence-corrected chi connectivity index (χ1v) is 8.19. The van der Waals surface area contributed by atoms with Gasteiger partial charge >= 0.3 is 0 Å². The topological polar surface area (TPSA) is 26.7 Å². The molecule has 128 valence electrons. The van der Waals surface area contributed by atoms with Crippen molar-refractivity contribution >= 4 is 0 Å². The van der Waals surface area contributed by atoms with Crippen molar-refractivity contribution < 1.29 is 18.3 Å². The Morgan fingerprint density at radius 3 is 2.43 bits per heavy atom. The molecule has 0 amide bonds. The van der Waals surface area contributed by atoms with Crippen molar-refractivity contribution in [2.24, 2.45) is 0 Å². The van der Waals surface area contributed by atoms with Gasteiger partial charge in [0.25, 0.3) is 0 Å². The molecule has 0 spiro atoms. The van der Waals surface area contributed by atoms with Crippen LogP contribution in [0, 0.1) is 17.5 Å². The molecule has 1 N–H and O–H groups in total. The van der Waals surface area contributed by atoms with Gasteiger partial charge in [0.15, 0.2) is 11.6 Å². The van der Waals surface area contributed by atoms with Gasteiger partial charge in [-0.3, -0.25) is 9.80 Å². The molecule has 0 bridgehead atoms. The van der Waals surface area contributed by atoms with Crippen molar-refractivity contribution in [3.63, 3.8) is 0 Å². The summed E-state index contributed by atoms with van der Waals surface area (Å²) in [5, 5.41) is 10.7. The van der Waals surface area contributed by atoms with Crippen LogP contribution in [0.4, 0.5) is 13.2 Å². The standard InChI is InChI=1S/C17H23F3N2O/c1-17(23)4-7-21(11-16(17)22-5-2-3-6-22)10-12-8-14(19)15(20)9-13(12)18/h8-9,16,23H,2-7,10-11H2,1H3/t16-,17-/m1/s1. The SMILES string of the molecule is C[C@@]1(O)CCN(Cc2cc(F)c(F)cc2F)C[C@H]1N1CCCC1. The quantitative estimate of drug-likeness (QED) is 0.864. The molecule has 0 aliphatic carbocycles. The molecule has 2 fully saturated rings. The van der Waals surface area contributed by atoms with E-state index in [1.807, 2.05) is 11.8 Å². The van der Waals surface area contributed by atoms with E-state index in [4.69, 9.17) is 0 Å². The summed E-state index contributed by atoms with van der Waals surface area (Å²) in [4.78, 5) is 4.30. The first-order valence-electron chi connectivity index (χ1n) is 8.19. The summed E-state index contributed by atoms with van der Waals surface area (Å²) in [7, 11) is 0. The van der Waals surface area contributed by atoms with E-state index in [1.165, 1.54) is 0 Å². The second kappa shape index (κ2) is 6.42. The molecule has 2 saturated heterocycles. The number of hydrogen-bond acceptors (Lipinski definition) is 3. The lowest BCUT2D eigenvalue weighted by atomic mass is 9.87. The van der Waals surface area contributed by atoms with Gasteiger partial charge in [-0.2, -0.15) is 0 Å². The minimum Gasteiger partial charge on any atom is -0.388 e. The smallest absolute Gasteiger partial charge is 0.161 e. The largest absolute Gasteiger partial charge is 0.388 e. The Morgan fingerprint density at radius 2 is 1.74 bits per heavy atom. The third kappa shape index (κ3) is 3.54. The predicted octanol–water partition coefficient (Wildman–Crippen LogP) is 2.53. The molecule has 23 heavy (non-hydrogen) atoms. The maximum atomic E-state index is 13.8. The molecule has 2 heterocycles. The zero-order valence-electron chi connectivity index (χ0n) is 13.4. The van der Waals surface area contributed by atoms with Crippen molar-refractivity contribution in [1.82, 2.24) is 9.80 Å². The van der Waals surface area contributed by atoms with E-state index in [1.54, 1.807) is 0 Å². The lowest BCUT2D eigenvalue weighted by molar-refractivity contribution is -0.0777. The molecule has 2 atom stereocenters. The van der Waals surface area contributed by atoms with Gasteiger partial charge in [-0.25, -0.2) is 13.2 Å². The predicted molar refractivity (Wildman–Crippen MR) is 81.4 cm³/mol. The number of aliphatic hydroxyl groups is 1. The Bertz CT molecular complexity index is 573. The van der Waals surface area contributed by atoms with Gasteiger partial charge < -0.3 is 5.11 Å². The molecule has 3 nitrogen and oxygen atoms in total. The fraction of sp³-hybridized carbons (Fsp3) is 0.647. The highest BCUT2D eigenvalue weighted by atomic mass is 19.2. The third-order valence-corrected chi connectivity index (χ3v) is 5.15. The second-order valence-electron chi connectivity index (χ2n) is 6.96. The monoisotopic (exact) mass is 328 g/mol. The van der Waals surface area contributed by atoms with Gasteiger partial charge in [0.2, 0.25) is 0 Å². The number of halogens is 3. The highest BCUT2D eigenvalue weighted by Crippen LogP contribution is 2.30. The van der Waals surface area contributed by atoms with Gasteiger partial charge in [-0.05, 0) is 45.3 Å². The van der Waals surface area contributed by atoms with Crippen molar-refractivity contribution in [2.75, 3.05) is 26.2 Å². The zero-order chi connectivity index (χ0) is 16.6. The van der Waals surface area contributed by atoms with Crippen LogP contribution >= 0.6 is 0 Å². The molecule has 3 rings (SSSR count). The van der Waals surface area contributed by atoms with Gasteiger partial charge in [0.05, 0.1) is 11.6 Å². The highest BCUT2D eigenvalue weighted by molar-refractivity contribution is 5.20. The molecular formula is C17H23F3N2O. The van der Waals surface area contributed by atoms with Crippen LogP contribution in [-0.2, 0) is 6.54 Å². The summed E-state index contributed by atoms with van der Waals surface area (Å²) in [6.07, 6.45) is 2.84. The van der Waals surface area contributed by atoms with E-state index in [0.717, 1.165) is 32.0 Å². The van der Waals surface area contributed by atoms with E-state index < -0.39 is 23.1 Å². The molecule has 0 aromatic heterocycles. The molecular weight excluding hydrogens is 305 g/mol. The van der Waals surface area contributed by atoms with Gasteiger partial charge in [-0.1, -0.05) is 0 Å². The average Bonchev–Trinajstić information content (AvgIpc) is 3.00. The first kappa shape index (κ1) is 16.7. The Hall–Kier alpha value is -1.11. The van der Waals surface area contributed by atoms with Crippen LogP contribution in [0.5, 0.6) is 0 Å². The Kier molecular flexibility index (Phi) is 4.67. The van der Waals surface area contributed by atoms with E-state index in [2.05, 4.69) is 4.90 Å². The molecule has 2 aliphatic heterocycles. The Balaban J connectivity index is 1.73. The maximum Gasteiger partial charge on any atom is 0.161 e. The fourth-order valence-electron chi connectivity index (χ4n) is 3.72. The lowest BCUT2D eigenvalue weighted by Crippen LogP contribution is -2.60. The van der Waals surface area contributed by atoms with Crippen LogP contribution in [0.2, 0.25) is 0 Å². The second-order valence-corrected chi connectivity index (χ2v) is 6.96.